The van der Waals surface area contributed by atoms with E-state index >= 15 is 0 Å². The number of fused-ring (bicyclic) bond motifs is 1. The van der Waals surface area contributed by atoms with E-state index in [4.69, 9.17) is 11.6 Å². The lowest BCUT2D eigenvalue weighted by molar-refractivity contribution is 0.233. The lowest BCUT2D eigenvalue weighted by atomic mass is 9.87. The molecule has 1 atom stereocenters. The molecule has 82 valence electrons. The van der Waals surface area contributed by atoms with Crippen LogP contribution in [0.25, 0.3) is 0 Å². The first kappa shape index (κ1) is 11.0. The van der Waals surface area contributed by atoms with Gasteiger partial charge in [0, 0.05) is 11.1 Å². The fourth-order valence-corrected chi connectivity index (χ4v) is 2.63. The highest BCUT2D eigenvalue weighted by Crippen LogP contribution is 2.29. The van der Waals surface area contributed by atoms with Crippen molar-refractivity contribution in [1.29, 1.82) is 0 Å². The van der Waals surface area contributed by atoms with E-state index in [9.17, 15) is 0 Å². The van der Waals surface area contributed by atoms with E-state index < -0.39 is 0 Å². The monoisotopic (exact) mass is 223 g/mol. The van der Waals surface area contributed by atoms with Gasteiger partial charge in [0.2, 0.25) is 0 Å². The average Bonchev–Trinajstić information content (AvgIpc) is 2.28. The smallest absolute Gasteiger partial charge is 0.0441 e. The molecule has 0 aromatic heterocycles. The van der Waals surface area contributed by atoms with Crippen LogP contribution in [0.2, 0.25) is 5.02 Å². The van der Waals surface area contributed by atoms with Gasteiger partial charge in [-0.25, -0.2) is 0 Å². The van der Waals surface area contributed by atoms with Crippen LogP contribution >= 0.6 is 11.6 Å². The Kier molecular flexibility index (Phi) is 3.32. The first-order valence-electron chi connectivity index (χ1n) is 5.69. The zero-order chi connectivity index (χ0) is 10.8. The third-order valence-corrected chi connectivity index (χ3v) is 3.88. The van der Waals surface area contributed by atoms with Crippen molar-refractivity contribution in [1.82, 2.24) is 4.90 Å². The Morgan fingerprint density at radius 1 is 1.47 bits per heavy atom. The second-order valence-corrected chi connectivity index (χ2v) is 4.75. The van der Waals surface area contributed by atoms with E-state index in [2.05, 4.69) is 31.0 Å². The van der Waals surface area contributed by atoms with Crippen LogP contribution < -0.4 is 0 Å². The second kappa shape index (κ2) is 4.54. The molecule has 0 N–H and O–H groups in total. The minimum Gasteiger partial charge on any atom is -0.303 e. The minimum atomic E-state index is 0.669. The summed E-state index contributed by atoms with van der Waals surface area (Å²) in [6.45, 7) is 3.33. The molecule has 0 heterocycles. The van der Waals surface area contributed by atoms with E-state index in [-0.39, 0.29) is 0 Å². The Labute approximate surface area is 97.0 Å². The fourth-order valence-electron chi connectivity index (χ4n) is 2.36. The van der Waals surface area contributed by atoms with Gasteiger partial charge in [-0.05, 0) is 50.0 Å². The number of halogens is 1. The molecule has 2 heteroatoms. The third kappa shape index (κ3) is 2.19. The first-order valence-corrected chi connectivity index (χ1v) is 6.06. The van der Waals surface area contributed by atoms with Gasteiger partial charge in [-0.15, -0.1) is 0 Å². The lowest BCUT2D eigenvalue weighted by Gasteiger charge is -2.32. The van der Waals surface area contributed by atoms with Gasteiger partial charge in [-0.1, -0.05) is 30.7 Å². The molecular formula is C13H18ClN. The Balaban J connectivity index is 2.22. The van der Waals surface area contributed by atoms with Gasteiger partial charge < -0.3 is 4.90 Å². The number of hydrogen-bond acceptors (Lipinski definition) is 1. The van der Waals surface area contributed by atoms with Crippen LogP contribution in [0.15, 0.2) is 18.2 Å². The molecule has 15 heavy (non-hydrogen) atoms. The molecule has 0 radical (unpaired) electrons. The predicted molar refractivity (Wildman–Crippen MR) is 65.6 cm³/mol. The molecular weight excluding hydrogens is 206 g/mol. The zero-order valence-corrected chi connectivity index (χ0v) is 10.2. The van der Waals surface area contributed by atoms with Gasteiger partial charge in [0.25, 0.3) is 0 Å². The summed E-state index contributed by atoms with van der Waals surface area (Å²) in [5, 5.41) is 0.946. The molecule has 1 aromatic carbocycles. The van der Waals surface area contributed by atoms with E-state index in [0.717, 1.165) is 18.0 Å². The van der Waals surface area contributed by atoms with Gasteiger partial charge in [-0.2, -0.15) is 0 Å². The molecule has 1 unspecified atom stereocenters. The molecule has 0 saturated heterocycles. The van der Waals surface area contributed by atoms with Gasteiger partial charge in [0.15, 0.2) is 0 Å². The summed E-state index contributed by atoms with van der Waals surface area (Å²) >= 11 is 6.24. The number of likely N-dealkylation sites (N-methyl/N-ethyl adjacent to an activating group) is 1. The van der Waals surface area contributed by atoms with Crippen LogP contribution in [0.4, 0.5) is 0 Å². The topological polar surface area (TPSA) is 3.24 Å². The molecule has 1 aliphatic carbocycles. The number of aryl methyl sites for hydroxylation is 1. The molecule has 0 fully saturated rings. The number of benzene rings is 1. The van der Waals surface area contributed by atoms with Crippen molar-refractivity contribution in [2.75, 3.05) is 13.6 Å². The largest absolute Gasteiger partial charge is 0.303 e. The fraction of sp³-hybridized carbons (Fsp3) is 0.538. The van der Waals surface area contributed by atoms with Crippen LogP contribution in [0.3, 0.4) is 0 Å². The molecule has 1 aliphatic rings. The highest BCUT2D eigenvalue weighted by Gasteiger charge is 2.22. The summed E-state index contributed by atoms with van der Waals surface area (Å²) in [5.74, 6) is 0. The van der Waals surface area contributed by atoms with Crippen molar-refractivity contribution in [3.8, 4) is 0 Å². The SMILES string of the molecule is CCN(C)C1CCc2cccc(Cl)c2C1. The van der Waals surface area contributed by atoms with Gasteiger partial charge in [0.1, 0.15) is 0 Å². The Morgan fingerprint density at radius 2 is 2.27 bits per heavy atom. The van der Waals surface area contributed by atoms with Crippen molar-refractivity contribution < 1.29 is 0 Å². The van der Waals surface area contributed by atoms with Crippen molar-refractivity contribution >= 4 is 11.6 Å². The average molecular weight is 224 g/mol. The number of nitrogens with zero attached hydrogens (tertiary/aromatic N) is 1. The predicted octanol–water partition coefficient (Wildman–Crippen LogP) is 3.15. The van der Waals surface area contributed by atoms with Crippen LogP contribution in [-0.4, -0.2) is 24.5 Å². The minimum absolute atomic E-state index is 0.669. The molecule has 0 aliphatic heterocycles. The standard InChI is InChI=1S/C13H18ClN/c1-3-15(2)11-8-7-10-5-4-6-13(14)12(10)9-11/h4-6,11H,3,7-9H2,1-2H3. The summed E-state index contributed by atoms with van der Waals surface area (Å²) in [5.41, 5.74) is 2.82. The highest BCUT2D eigenvalue weighted by molar-refractivity contribution is 6.31. The summed E-state index contributed by atoms with van der Waals surface area (Å²) < 4.78 is 0. The summed E-state index contributed by atoms with van der Waals surface area (Å²) in [6, 6.07) is 6.95. The van der Waals surface area contributed by atoms with Crippen LogP contribution in [0.1, 0.15) is 24.5 Å². The maximum atomic E-state index is 6.24. The molecule has 0 amide bonds. The van der Waals surface area contributed by atoms with E-state index in [1.807, 2.05) is 6.07 Å². The van der Waals surface area contributed by atoms with Crippen molar-refractivity contribution in [3.05, 3.63) is 34.3 Å². The molecule has 2 rings (SSSR count). The molecule has 0 saturated carbocycles. The van der Waals surface area contributed by atoms with Crippen LogP contribution in [0, 0.1) is 0 Å². The molecule has 1 nitrogen and oxygen atoms in total. The Hall–Kier alpha value is -0.530. The van der Waals surface area contributed by atoms with E-state index in [0.29, 0.717) is 6.04 Å². The normalized spacial score (nSPS) is 20.4. The van der Waals surface area contributed by atoms with E-state index in [1.54, 1.807) is 0 Å². The molecule has 0 spiro atoms. The van der Waals surface area contributed by atoms with Crippen molar-refractivity contribution in [2.24, 2.45) is 0 Å². The Morgan fingerprint density at radius 3 is 3.00 bits per heavy atom. The van der Waals surface area contributed by atoms with E-state index in [1.165, 1.54) is 24.0 Å². The van der Waals surface area contributed by atoms with Crippen LogP contribution in [0.5, 0.6) is 0 Å². The summed E-state index contributed by atoms with van der Waals surface area (Å²) in [7, 11) is 2.20. The van der Waals surface area contributed by atoms with Crippen molar-refractivity contribution in [2.45, 2.75) is 32.2 Å². The zero-order valence-electron chi connectivity index (χ0n) is 9.46. The van der Waals surface area contributed by atoms with Crippen molar-refractivity contribution in [3.63, 3.8) is 0 Å². The third-order valence-electron chi connectivity index (χ3n) is 3.52. The first-order chi connectivity index (χ1) is 7.22. The summed E-state index contributed by atoms with van der Waals surface area (Å²) in [6.07, 6.45) is 3.54. The maximum absolute atomic E-state index is 6.24. The molecule has 1 aromatic rings. The quantitative estimate of drug-likeness (QED) is 0.745. The van der Waals surface area contributed by atoms with Gasteiger partial charge in [-0.3, -0.25) is 0 Å². The lowest BCUT2D eigenvalue weighted by Crippen LogP contribution is -2.36. The number of rotatable bonds is 2. The molecule has 0 bridgehead atoms. The number of hydrogen-bond donors (Lipinski definition) is 0. The second-order valence-electron chi connectivity index (χ2n) is 4.35. The maximum Gasteiger partial charge on any atom is 0.0441 e. The highest BCUT2D eigenvalue weighted by atomic mass is 35.5. The van der Waals surface area contributed by atoms with Gasteiger partial charge in [0.05, 0.1) is 0 Å². The summed E-state index contributed by atoms with van der Waals surface area (Å²) in [4.78, 5) is 2.42. The Bertz CT molecular complexity index is 348. The van der Waals surface area contributed by atoms with Gasteiger partial charge >= 0.3 is 0 Å². The van der Waals surface area contributed by atoms with Crippen LogP contribution in [-0.2, 0) is 12.8 Å².